The van der Waals surface area contributed by atoms with Gasteiger partial charge in [-0.1, -0.05) is 0 Å². The van der Waals surface area contributed by atoms with Gasteiger partial charge < -0.3 is 10.1 Å². The summed E-state index contributed by atoms with van der Waals surface area (Å²) in [6.07, 6.45) is -12.2. The number of halogens is 7. The number of rotatable bonds is 4. The smallest absolute Gasteiger partial charge is 0.428 e. The number of amides is 2. The Morgan fingerprint density at radius 2 is 1.57 bits per heavy atom. The van der Waals surface area contributed by atoms with Gasteiger partial charge in [0, 0.05) is 18.8 Å². The number of hydrogen-bond acceptors (Lipinski definition) is 2. The lowest BCUT2D eigenvalue weighted by atomic mass is 10.2. The summed E-state index contributed by atoms with van der Waals surface area (Å²) >= 11 is 0. The molecule has 2 rings (SSSR count). The average molecular weight is 346 g/mol. The molecule has 0 aromatic heterocycles. The van der Waals surface area contributed by atoms with Gasteiger partial charge in [0.05, 0.1) is 0 Å². The van der Waals surface area contributed by atoms with Crippen molar-refractivity contribution in [2.24, 2.45) is 0 Å². The zero-order valence-corrected chi connectivity index (χ0v) is 11.1. The number of nitrogens with zero attached hydrogens (tertiary/aromatic N) is 1. The second-order valence-electron chi connectivity index (χ2n) is 4.57. The van der Waals surface area contributed by atoms with Crippen LogP contribution < -0.4 is 15.0 Å². The zero-order valence-electron chi connectivity index (χ0n) is 11.1. The molecular weight excluding hydrogens is 337 g/mol. The van der Waals surface area contributed by atoms with Gasteiger partial charge in [0.2, 0.25) is 0 Å². The molecule has 0 spiro atoms. The molecule has 0 saturated carbocycles. The van der Waals surface area contributed by atoms with E-state index in [1.807, 2.05) is 0 Å². The molecule has 1 N–H and O–H groups in total. The monoisotopic (exact) mass is 346 g/mol. The Bertz CT molecular complexity index is 586. The highest BCUT2D eigenvalue weighted by atomic mass is 19.4. The molecule has 0 radical (unpaired) electrons. The normalized spacial score (nSPS) is 16.5. The number of carbonyl (C=O) groups excluding carboxylic acids is 1. The van der Waals surface area contributed by atoms with E-state index in [0.29, 0.717) is 13.1 Å². The van der Waals surface area contributed by atoms with E-state index in [4.69, 9.17) is 0 Å². The van der Waals surface area contributed by atoms with Crippen molar-refractivity contribution in [1.82, 2.24) is 5.32 Å². The highest BCUT2D eigenvalue weighted by molar-refractivity contribution is 5.94. The van der Waals surface area contributed by atoms with Crippen LogP contribution >= 0.6 is 0 Å². The van der Waals surface area contributed by atoms with Gasteiger partial charge in [-0.15, -0.1) is 0 Å². The third-order valence-corrected chi connectivity index (χ3v) is 2.97. The summed E-state index contributed by atoms with van der Waals surface area (Å²) in [6.45, 7) is 0.647. The van der Waals surface area contributed by atoms with Gasteiger partial charge in [0.15, 0.2) is 0 Å². The zero-order chi connectivity index (χ0) is 17.5. The molecule has 23 heavy (non-hydrogen) atoms. The van der Waals surface area contributed by atoms with E-state index in [9.17, 15) is 35.5 Å². The highest BCUT2D eigenvalue weighted by Crippen LogP contribution is 2.47. The van der Waals surface area contributed by atoms with Gasteiger partial charge in [-0.2, -0.15) is 30.7 Å². The minimum absolute atomic E-state index is 0.248. The van der Waals surface area contributed by atoms with E-state index in [-0.39, 0.29) is 5.69 Å². The summed E-state index contributed by atoms with van der Waals surface area (Å²) in [4.78, 5) is 12.6. The number of alkyl halides is 7. The van der Waals surface area contributed by atoms with Crippen molar-refractivity contribution in [2.75, 3.05) is 18.0 Å². The molecule has 0 bridgehead atoms. The van der Waals surface area contributed by atoms with Crippen molar-refractivity contribution in [2.45, 2.75) is 18.2 Å². The molecule has 0 aliphatic carbocycles. The first-order valence-corrected chi connectivity index (χ1v) is 6.12. The van der Waals surface area contributed by atoms with E-state index in [0.717, 1.165) is 24.3 Å². The standard InChI is InChI=1S/C12H9F7N2O2/c13-10(14,11(15,16)17)12(18,19)23-8-3-1-7(2-4-8)21-6-5-20-9(21)22/h1-4H,5-6H2,(H,20,22). The molecule has 1 aromatic rings. The van der Waals surface area contributed by atoms with Gasteiger partial charge in [-0.05, 0) is 24.3 Å². The van der Waals surface area contributed by atoms with Crippen LogP contribution in [0.4, 0.5) is 41.2 Å². The Morgan fingerprint density at radius 3 is 2.00 bits per heavy atom. The molecule has 0 atom stereocenters. The summed E-state index contributed by atoms with van der Waals surface area (Å²) in [7, 11) is 0. The van der Waals surface area contributed by atoms with Crippen molar-refractivity contribution in [3.63, 3.8) is 0 Å². The van der Waals surface area contributed by atoms with Crippen molar-refractivity contribution >= 4 is 11.7 Å². The Kier molecular flexibility index (Phi) is 4.07. The quantitative estimate of drug-likeness (QED) is 0.850. The van der Waals surface area contributed by atoms with Crippen molar-refractivity contribution in [1.29, 1.82) is 0 Å². The Hall–Kier alpha value is -2.20. The molecule has 2 amide bonds. The van der Waals surface area contributed by atoms with Gasteiger partial charge in [0.1, 0.15) is 5.75 Å². The number of benzene rings is 1. The maximum absolute atomic E-state index is 13.1. The molecule has 4 nitrogen and oxygen atoms in total. The molecule has 128 valence electrons. The van der Waals surface area contributed by atoms with Crippen LogP contribution in [0.3, 0.4) is 0 Å². The van der Waals surface area contributed by atoms with Crippen LogP contribution in [0.5, 0.6) is 5.75 Å². The van der Waals surface area contributed by atoms with Crippen LogP contribution in [0.15, 0.2) is 24.3 Å². The molecule has 1 fully saturated rings. The van der Waals surface area contributed by atoms with Crippen LogP contribution in [0.2, 0.25) is 0 Å². The van der Waals surface area contributed by atoms with E-state index >= 15 is 0 Å². The van der Waals surface area contributed by atoms with E-state index in [2.05, 4.69) is 10.1 Å². The lowest BCUT2D eigenvalue weighted by Gasteiger charge is -2.27. The molecule has 1 saturated heterocycles. The van der Waals surface area contributed by atoms with Gasteiger partial charge in [-0.25, -0.2) is 4.79 Å². The van der Waals surface area contributed by atoms with Gasteiger partial charge >= 0.3 is 24.2 Å². The Labute approximate surface area is 124 Å². The summed E-state index contributed by atoms with van der Waals surface area (Å²) in [6, 6.07) is 3.25. The second-order valence-corrected chi connectivity index (χ2v) is 4.57. The molecule has 1 aromatic carbocycles. The number of hydrogen-bond donors (Lipinski definition) is 1. The minimum Gasteiger partial charge on any atom is -0.428 e. The van der Waals surface area contributed by atoms with Crippen molar-refractivity contribution in [3.8, 4) is 5.75 Å². The third-order valence-electron chi connectivity index (χ3n) is 2.97. The maximum Gasteiger partial charge on any atom is 0.474 e. The number of anilines is 1. The first-order chi connectivity index (χ1) is 10.5. The Morgan fingerprint density at radius 1 is 1.00 bits per heavy atom. The minimum atomic E-state index is -6.47. The molecule has 1 aliphatic rings. The van der Waals surface area contributed by atoms with E-state index < -0.39 is 30.0 Å². The first kappa shape index (κ1) is 17.2. The lowest BCUT2D eigenvalue weighted by molar-refractivity contribution is -0.402. The van der Waals surface area contributed by atoms with Crippen molar-refractivity contribution in [3.05, 3.63) is 24.3 Å². The number of carbonyl (C=O) groups is 1. The first-order valence-electron chi connectivity index (χ1n) is 6.12. The number of urea groups is 1. The van der Waals surface area contributed by atoms with Crippen LogP contribution in [-0.4, -0.2) is 37.3 Å². The van der Waals surface area contributed by atoms with Crippen molar-refractivity contribution < 1.29 is 40.3 Å². The summed E-state index contributed by atoms with van der Waals surface area (Å²) in [5.74, 6) is -7.25. The predicted molar refractivity (Wildman–Crippen MR) is 63.8 cm³/mol. The fourth-order valence-electron chi connectivity index (χ4n) is 1.79. The average Bonchev–Trinajstić information content (AvgIpc) is 2.84. The number of nitrogens with one attached hydrogen (secondary N) is 1. The van der Waals surface area contributed by atoms with Crippen LogP contribution in [-0.2, 0) is 0 Å². The summed E-state index contributed by atoms with van der Waals surface area (Å²) in [5, 5.41) is 2.47. The highest BCUT2D eigenvalue weighted by Gasteiger charge is 2.75. The fraction of sp³-hybridized carbons (Fsp3) is 0.417. The largest absolute Gasteiger partial charge is 0.474 e. The van der Waals surface area contributed by atoms with Crippen LogP contribution in [0, 0.1) is 0 Å². The van der Waals surface area contributed by atoms with E-state index in [1.54, 1.807) is 0 Å². The lowest BCUT2D eigenvalue weighted by Crippen LogP contribution is -2.55. The topological polar surface area (TPSA) is 41.6 Å². The third kappa shape index (κ3) is 3.13. The SMILES string of the molecule is O=C1NCCN1c1ccc(OC(F)(F)C(F)(F)C(F)(F)F)cc1. The molecular formula is C12H9F7N2O2. The summed E-state index contributed by atoms with van der Waals surface area (Å²) < 4.78 is 91.0. The molecule has 11 heteroatoms. The predicted octanol–water partition coefficient (Wildman–Crippen LogP) is 3.39. The van der Waals surface area contributed by atoms with Crippen LogP contribution in [0.25, 0.3) is 0 Å². The fourth-order valence-corrected chi connectivity index (χ4v) is 1.79. The Balaban J connectivity index is 2.16. The molecule has 1 aliphatic heterocycles. The molecule has 0 unspecified atom stereocenters. The number of ether oxygens (including phenoxy) is 1. The van der Waals surface area contributed by atoms with Gasteiger partial charge in [-0.3, -0.25) is 4.90 Å². The van der Waals surface area contributed by atoms with Crippen LogP contribution in [0.1, 0.15) is 0 Å². The van der Waals surface area contributed by atoms with E-state index in [1.165, 1.54) is 4.90 Å². The van der Waals surface area contributed by atoms with Gasteiger partial charge in [0.25, 0.3) is 0 Å². The maximum atomic E-state index is 13.1. The molecule has 1 heterocycles. The second kappa shape index (κ2) is 5.46. The summed E-state index contributed by atoms with van der Waals surface area (Å²) in [5.41, 5.74) is 0.248.